The van der Waals surface area contributed by atoms with Crippen LogP contribution in [0.25, 0.3) is 0 Å². The van der Waals surface area contributed by atoms with Gasteiger partial charge < -0.3 is 16.2 Å². The second kappa shape index (κ2) is 4.99. The van der Waals surface area contributed by atoms with Crippen molar-refractivity contribution < 1.29 is 5.11 Å². The van der Waals surface area contributed by atoms with E-state index in [4.69, 9.17) is 5.73 Å². The molecule has 0 aromatic carbocycles. The van der Waals surface area contributed by atoms with E-state index in [1.54, 1.807) is 6.92 Å². The number of aliphatic hydroxyl groups is 1. The highest BCUT2D eigenvalue weighted by atomic mass is 16.3. The first kappa shape index (κ1) is 11.8. The fraction of sp³-hybridized carbons (Fsp3) is 0.667. The largest absolute Gasteiger partial charge is 0.392 e. The number of nitrogens with zero attached hydrogens (tertiary/aromatic N) is 3. The normalized spacial score (nSPS) is 14.7. The summed E-state index contributed by atoms with van der Waals surface area (Å²) in [6.07, 6.45) is -0.558. The Hall–Kier alpha value is -1.27. The molecule has 84 valence electrons. The van der Waals surface area contributed by atoms with Crippen LogP contribution in [0.1, 0.15) is 18.3 Å². The fourth-order valence-electron chi connectivity index (χ4n) is 0.911. The lowest BCUT2D eigenvalue weighted by Gasteiger charge is -2.15. The summed E-state index contributed by atoms with van der Waals surface area (Å²) >= 11 is 0. The van der Waals surface area contributed by atoms with Crippen LogP contribution in [0, 0.1) is 13.8 Å². The Morgan fingerprint density at radius 3 is 2.53 bits per heavy atom. The smallest absolute Gasteiger partial charge is 0.243 e. The van der Waals surface area contributed by atoms with Gasteiger partial charge in [-0.3, -0.25) is 0 Å². The second-order valence-electron chi connectivity index (χ2n) is 3.59. The van der Waals surface area contributed by atoms with Crippen LogP contribution >= 0.6 is 0 Å². The van der Waals surface area contributed by atoms with E-state index in [-0.39, 0.29) is 6.04 Å². The fourth-order valence-corrected chi connectivity index (χ4v) is 0.911. The highest BCUT2D eigenvalue weighted by Gasteiger charge is 2.09. The van der Waals surface area contributed by atoms with E-state index in [1.807, 2.05) is 13.8 Å². The third-order valence-corrected chi connectivity index (χ3v) is 2.21. The number of aliphatic hydroxyl groups excluding tert-OH is 1. The maximum Gasteiger partial charge on any atom is 0.243 e. The lowest BCUT2D eigenvalue weighted by Crippen LogP contribution is -2.39. The van der Waals surface area contributed by atoms with E-state index in [0.717, 1.165) is 11.4 Å². The molecule has 0 aliphatic carbocycles. The van der Waals surface area contributed by atoms with Gasteiger partial charge in [0.25, 0.3) is 0 Å². The van der Waals surface area contributed by atoms with Crippen LogP contribution < -0.4 is 11.1 Å². The predicted molar refractivity (Wildman–Crippen MR) is 57.4 cm³/mol. The molecule has 2 unspecified atom stereocenters. The van der Waals surface area contributed by atoms with Gasteiger partial charge in [0.05, 0.1) is 17.5 Å². The molecule has 15 heavy (non-hydrogen) atoms. The molecule has 1 heterocycles. The standard InChI is InChI=1S/C9H17N5O/c1-5-6(2)13-14-9(12-5)11-4-8(10)7(3)15/h7-8,15H,4,10H2,1-3H3,(H,11,12,14). The molecule has 0 fully saturated rings. The summed E-state index contributed by atoms with van der Waals surface area (Å²) in [4.78, 5) is 4.18. The minimum Gasteiger partial charge on any atom is -0.392 e. The quantitative estimate of drug-likeness (QED) is 0.627. The van der Waals surface area contributed by atoms with Gasteiger partial charge in [0.2, 0.25) is 5.95 Å². The Bertz CT molecular complexity index is 328. The predicted octanol–water partition coefficient (Wildman–Crippen LogP) is -0.392. The summed E-state index contributed by atoms with van der Waals surface area (Å²) in [6, 6.07) is -0.338. The number of nitrogens with two attached hydrogens (primary N) is 1. The summed E-state index contributed by atoms with van der Waals surface area (Å²) in [5, 5.41) is 19.9. The number of aryl methyl sites for hydroxylation is 2. The topological polar surface area (TPSA) is 97.0 Å². The number of hydrogen-bond donors (Lipinski definition) is 3. The monoisotopic (exact) mass is 211 g/mol. The summed E-state index contributed by atoms with van der Waals surface area (Å²) < 4.78 is 0. The highest BCUT2D eigenvalue weighted by Crippen LogP contribution is 2.01. The number of aromatic nitrogens is 3. The Kier molecular flexibility index (Phi) is 3.93. The first-order valence-corrected chi connectivity index (χ1v) is 4.86. The molecule has 1 aromatic heterocycles. The van der Waals surface area contributed by atoms with Gasteiger partial charge in [-0.05, 0) is 20.8 Å². The highest BCUT2D eigenvalue weighted by molar-refractivity contribution is 5.24. The summed E-state index contributed by atoms with van der Waals surface area (Å²) in [5.74, 6) is 0.439. The van der Waals surface area contributed by atoms with Crippen molar-refractivity contribution in [2.24, 2.45) is 5.73 Å². The summed E-state index contributed by atoms with van der Waals surface area (Å²) in [6.45, 7) is 5.78. The molecule has 0 aliphatic heterocycles. The summed E-state index contributed by atoms with van der Waals surface area (Å²) in [7, 11) is 0. The van der Waals surface area contributed by atoms with E-state index >= 15 is 0 Å². The van der Waals surface area contributed by atoms with Gasteiger partial charge in [-0.25, -0.2) is 4.98 Å². The third kappa shape index (κ3) is 3.41. The molecule has 6 nitrogen and oxygen atoms in total. The molecular weight excluding hydrogens is 194 g/mol. The van der Waals surface area contributed by atoms with Gasteiger partial charge >= 0.3 is 0 Å². The van der Waals surface area contributed by atoms with Crippen molar-refractivity contribution in [3.8, 4) is 0 Å². The van der Waals surface area contributed by atoms with Crippen molar-refractivity contribution in [2.45, 2.75) is 32.9 Å². The molecule has 0 saturated carbocycles. The van der Waals surface area contributed by atoms with Gasteiger partial charge in [0, 0.05) is 12.6 Å². The Balaban J connectivity index is 2.55. The zero-order chi connectivity index (χ0) is 11.4. The number of rotatable bonds is 4. The van der Waals surface area contributed by atoms with Crippen LogP contribution in [0.4, 0.5) is 5.95 Å². The SMILES string of the molecule is Cc1nnc(NCC(N)C(C)O)nc1C. The number of hydrogen-bond acceptors (Lipinski definition) is 6. The molecule has 0 bridgehead atoms. The molecule has 1 rings (SSSR count). The number of nitrogens with one attached hydrogen (secondary N) is 1. The first-order chi connectivity index (χ1) is 7.00. The number of anilines is 1. The molecule has 4 N–H and O–H groups in total. The molecule has 0 amide bonds. The lowest BCUT2D eigenvalue weighted by atomic mass is 10.2. The molecule has 6 heteroatoms. The van der Waals surface area contributed by atoms with Crippen LogP contribution in [0.3, 0.4) is 0 Å². The molecule has 0 aliphatic rings. The molecule has 0 spiro atoms. The van der Waals surface area contributed by atoms with Crippen molar-refractivity contribution in [1.82, 2.24) is 15.2 Å². The molecule has 0 radical (unpaired) electrons. The Morgan fingerprint density at radius 2 is 2.00 bits per heavy atom. The van der Waals surface area contributed by atoms with Gasteiger partial charge in [0.1, 0.15) is 0 Å². The van der Waals surface area contributed by atoms with E-state index in [9.17, 15) is 5.11 Å². The summed E-state index contributed by atoms with van der Waals surface area (Å²) in [5.41, 5.74) is 7.28. The van der Waals surface area contributed by atoms with Crippen molar-refractivity contribution in [1.29, 1.82) is 0 Å². The lowest BCUT2D eigenvalue weighted by molar-refractivity contribution is 0.168. The van der Waals surface area contributed by atoms with Gasteiger partial charge in [-0.2, -0.15) is 5.10 Å². The van der Waals surface area contributed by atoms with Crippen molar-refractivity contribution in [3.05, 3.63) is 11.4 Å². The van der Waals surface area contributed by atoms with Crippen LogP contribution in [0.2, 0.25) is 0 Å². The third-order valence-electron chi connectivity index (χ3n) is 2.21. The second-order valence-corrected chi connectivity index (χ2v) is 3.59. The van der Waals surface area contributed by atoms with Crippen LogP contribution in [-0.2, 0) is 0 Å². The van der Waals surface area contributed by atoms with Crippen LogP contribution in [-0.4, -0.2) is 39.0 Å². The zero-order valence-electron chi connectivity index (χ0n) is 9.23. The average Bonchev–Trinajstić information content (AvgIpc) is 2.19. The van der Waals surface area contributed by atoms with E-state index in [0.29, 0.717) is 12.5 Å². The molecule has 2 atom stereocenters. The van der Waals surface area contributed by atoms with Gasteiger partial charge in [-0.15, -0.1) is 5.10 Å². The van der Waals surface area contributed by atoms with E-state index in [1.165, 1.54) is 0 Å². The molecule has 1 aromatic rings. The van der Waals surface area contributed by atoms with Gasteiger partial charge in [-0.1, -0.05) is 0 Å². The Morgan fingerprint density at radius 1 is 1.33 bits per heavy atom. The van der Waals surface area contributed by atoms with Gasteiger partial charge in [0.15, 0.2) is 0 Å². The van der Waals surface area contributed by atoms with Crippen molar-refractivity contribution >= 4 is 5.95 Å². The van der Waals surface area contributed by atoms with Crippen LogP contribution in [0.5, 0.6) is 0 Å². The minimum atomic E-state index is -0.558. The van der Waals surface area contributed by atoms with Crippen LogP contribution in [0.15, 0.2) is 0 Å². The minimum absolute atomic E-state index is 0.338. The van der Waals surface area contributed by atoms with Crippen molar-refractivity contribution in [3.63, 3.8) is 0 Å². The molecular formula is C9H17N5O. The van der Waals surface area contributed by atoms with E-state index in [2.05, 4.69) is 20.5 Å². The zero-order valence-corrected chi connectivity index (χ0v) is 9.23. The maximum atomic E-state index is 9.18. The molecule has 0 saturated heterocycles. The maximum absolute atomic E-state index is 9.18. The van der Waals surface area contributed by atoms with E-state index < -0.39 is 6.10 Å². The average molecular weight is 211 g/mol. The first-order valence-electron chi connectivity index (χ1n) is 4.86. The Labute approximate surface area is 88.9 Å². The van der Waals surface area contributed by atoms with Crippen molar-refractivity contribution in [2.75, 3.05) is 11.9 Å².